The van der Waals surface area contributed by atoms with E-state index < -0.39 is 0 Å². The first-order chi connectivity index (χ1) is 9.70. The second-order valence-electron chi connectivity index (χ2n) is 5.01. The summed E-state index contributed by atoms with van der Waals surface area (Å²) in [6.07, 6.45) is 0. The first-order valence-electron chi connectivity index (χ1n) is 6.45. The second kappa shape index (κ2) is 3.84. The van der Waals surface area contributed by atoms with Crippen molar-refractivity contribution in [1.82, 2.24) is 0 Å². The van der Waals surface area contributed by atoms with Crippen molar-refractivity contribution in [3.63, 3.8) is 0 Å². The van der Waals surface area contributed by atoms with Gasteiger partial charge in [-0.1, -0.05) is 12.1 Å². The highest BCUT2D eigenvalue weighted by Crippen LogP contribution is 2.29. The highest BCUT2D eigenvalue weighted by molar-refractivity contribution is 6.06. The molecule has 0 aliphatic carbocycles. The third kappa shape index (κ3) is 1.57. The van der Waals surface area contributed by atoms with Gasteiger partial charge < -0.3 is 10.2 Å². The molecule has 4 rings (SSSR count). The maximum Gasteiger partial charge on any atom is 0.197 e. The van der Waals surface area contributed by atoms with Gasteiger partial charge in [-0.2, -0.15) is 0 Å². The van der Waals surface area contributed by atoms with Crippen molar-refractivity contribution in [2.75, 3.05) is 5.73 Å². The van der Waals surface area contributed by atoms with Gasteiger partial charge in [-0.3, -0.25) is 5.41 Å². The van der Waals surface area contributed by atoms with E-state index in [1.165, 1.54) is 0 Å². The summed E-state index contributed by atoms with van der Waals surface area (Å²) >= 11 is 0. The van der Waals surface area contributed by atoms with E-state index in [0.29, 0.717) is 5.69 Å². The number of anilines is 1. The van der Waals surface area contributed by atoms with Crippen molar-refractivity contribution in [1.29, 1.82) is 0 Å². The third-order valence-corrected chi connectivity index (χ3v) is 3.59. The molecule has 0 atom stereocenters. The maximum atomic E-state index is 6.06. The first-order valence-corrected chi connectivity index (χ1v) is 6.45. The van der Waals surface area contributed by atoms with Crippen molar-refractivity contribution < 1.29 is 9.83 Å². The molecule has 0 amide bonds. The largest absolute Gasteiger partial charge is 0.455 e. The van der Waals surface area contributed by atoms with E-state index in [1.54, 1.807) is 0 Å². The van der Waals surface area contributed by atoms with Gasteiger partial charge in [0.15, 0.2) is 5.36 Å². The maximum absolute atomic E-state index is 6.06. The van der Waals surface area contributed by atoms with Crippen LogP contribution in [0.15, 0.2) is 59.0 Å². The molecule has 0 saturated carbocycles. The summed E-state index contributed by atoms with van der Waals surface area (Å²) < 4.78 is 6.06. The van der Waals surface area contributed by atoms with Crippen LogP contribution < -0.4 is 16.5 Å². The standard InChI is InChI=1S/C17H12N2O/c18-13-5-6-15-10(8-13)1-2-12-7-11-3-4-14(19)9-16(11)20-17(12)15/h1-9,18H,19H2/p+1. The summed E-state index contributed by atoms with van der Waals surface area (Å²) in [6, 6.07) is 17.8. The van der Waals surface area contributed by atoms with Crippen molar-refractivity contribution in [2.45, 2.75) is 0 Å². The third-order valence-electron chi connectivity index (χ3n) is 3.59. The van der Waals surface area contributed by atoms with Gasteiger partial charge in [0, 0.05) is 40.0 Å². The number of nitrogens with two attached hydrogens (primary N) is 2. The summed E-state index contributed by atoms with van der Waals surface area (Å²) in [5, 5.41) is 10.8. The topological polar surface area (TPSA) is 64.8 Å². The molecule has 96 valence electrons. The normalized spacial score (nSPS) is 11.4. The average molecular weight is 261 g/mol. The van der Waals surface area contributed by atoms with Crippen LogP contribution in [0.4, 0.5) is 5.69 Å². The fraction of sp³-hybridized carbons (Fsp3) is 0. The number of hydrogen-bond acceptors (Lipinski definition) is 2. The van der Waals surface area contributed by atoms with Gasteiger partial charge in [0.05, 0.1) is 0 Å². The number of fused-ring (bicyclic) bond motifs is 4. The Kier molecular flexibility index (Phi) is 2.12. The number of benzene rings is 3. The van der Waals surface area contributed by atoms with Crippen LogP contribution in [0.5, 0.6) is 0 Å². The van der Waals surface area contributed by atoms with Crippen LogP contribution in [0.2, 0.25) is 0 Å². The molecule has 0 fully saturated rings. The lowest BCUT2D eigenvalue weighted by Gasteiger charge is -2.05. The van der Waals surface area contributed by atoms with Crippen LogP contribution in [-0.4, -0.2) is 0 Å². The van der Waals surface area contributed by atoms with Crippen molar-refractivity contribution in [2.24, 2.45) is 0 Å². The molecule has 4 aromatic rings. The number of nitrogen functional groups attached to an aromatic ring is 1. The van der Waals surface area contributed by atoms with E-state index >= 15 is 0 Å². The second-order valence-corrected chi connectivity index (χ2v) is 5.01. The molecule has 1 aromatic heterocycles. The SMILES string of the molecule is Nc1ccc2cc3ccc4cc(=[NH2+])ccc4c3oc2c1. The molecule has 3 aromatic carbocycles. The van der Waals surface area contributed by atoms with Crippen LogP contribution in [0, 0.1) is 0 Å². The predicted octanol–water partition coefficient (Wildman–Crippen LogP) is 1.98. The Hall–Kier alpha value is -2.81. The van der Waals surface area contributed by atoms with Gasteiger partial charge in [0.2, 0.25) is 0 Å². The van der Waals surface area contributed by atoms with E-state index in [0.717, 1.165) is 38.1 Å². The van der Waals surface area contributed by atoms with Crippen LogP contribution in [0.3, 0.4) is 0 Å². The lowest BCUT2D eigenvalue weighted by Crippen LogP contribution is -2.44. The smallest absolute Gasteiger partial charge is 0.197 e. The Balaban J connectivity index is 2.22. The van der Waals surface area contributed by atoms with Crippen LogP contribution in [-0.2, 0) is 0 Å². The van der Waals surface area contributed by atoms with Crippen molar-refractivity contribution in [3.8, 4) is 0 Å². The molecule has 4 N–H and O–H groups in total. The molecule has 0 radical (unpaired) electrons. The molecule has 3 nitrogen and oxygen atoms in total. The Labute approximate surface area is 114 Å². The zero-order valence-corrected chi connectivity index (χ0v) is 10.8. The van der Waals surface area contributed by atoms with Crippen LogP contribution in [0.25, 0.3) is 32.7 Å². The monoisotopic (exact) mass is 261 g/mol. The molecule has 0 aliphatic heterocycles. The lowest BCUT2D eigenvalue weighted by molar-refractivity contribution is -0.172. The Morgan fingerprint density at radius 3 is 2.50 bits per heavy atom. The molecular weight excluding hydrogens is 248 g/mol. The molecule has 20 heavy (non-hydrogen) atoms. The highest BCUT2D eigenvalue weighted by atomic mass is 16.3. The number of rotatable bonds is 0. The Bertz CT molecular complexity index is 1030. The molecule has 0 spiro atoms. The zero-order valence-electron chi connectivity index (χ0n) is 10.8. The van der Waals surface area contributed by atoms with E-state index in [1.807, 2.05) is 36.4 Å². The van der Waals surface area contributed by atoms with E-state index in [9.17, 15) is 0 Å². The molecule has 0 saturated heterocycles. The van der Waals surface area contributed by atoms with Gasteiger partial charge in [0.1, 0.15) is 11.2 Å². The molecule has 1 heterocycles. The fourth-order valence-corrected chi connectivity index (χ4v) is 2.60. The molecule has 0 unspecified atom stereocenters. The summed E-state index contributed by atoms with van der Waals surface area (Å²) in [7, 11) is 0. The predicted molar refractivity (Wildman–Crippen MR) is 80.7 cm³/mol. The summed E-state index contributed by atoms with van der Waals surface area (Å²) in [5.74, 6) is 0. The first kappa shape index (κ1) is 11.1. The number of hydrogen-bond donors (Lipinski definition) is 2. The van der Waals surface area contributed by atoms with Crippen molar-refractivity contribution >= 4 is 38.4 Å². The minimum atomic E-state index is 0.699. The van der Waals surface area contributed by atoms with Crippen LogP contribution >= 0.6 is 0 Å². The minimum Gasteiger partial charge on any atom is -0.455 e. The molecule has 0 aliphatic rings. The zero-order chi connectivity index (χ0) is 13.7. The lowest BCUT2D eigenvalue weighted by atomic mass is 10.1. The van der Waals surface area contributed by atoms with Crippen molar-refractivity contribution in [3.05, 3.63) is 60.0 Å². The molecule has 0 bridgehead atoms. The van der Waals surface area contributed by atoms with E-state index in [2.05, 4.69) is 18.2 Å². The van der Waals surface area contributed by atoms with Gasteiger partial charge in [-0.05, 0) is 29.7 Å². The van der Waals surface area contributed by atoms with E-state index in [-0.39, 0.29) is 0 Å². The summed E-state index contributed by atoms with van der Waals surface area (Å²) in [6.45, 7) is 0. The summed E-state index contributed by atoms with van der Waals surface area (Å²) in [5.41, 5.74) is 8.18. The Morgan fingerprint density at radius 1 is 0.800 bits per heavy atom. The van der Waals surface area contributed by atoms with Crippen LogP contribution in [0.1, 0.15) is 0 Å². The quantitative estimate of drug-likeness (QED) is 0.289. The minimum absolute atomic E-state index is 0.699. The summed E-state index contributed by atoms with van der Waals surface area (Å²) in [4.78, 5) is 0. The Morgan fingerprint density at radius 2 is 1.60 bits per heavy atom. The van der Waals surface area contributed by atoms with Gasteiger partial charge in [-0.15, -0.1) is 0 Å². The van der Waals surface area contributed by atoms with Gasteiger partial charge in [0.25, 0.3) is 0 Å². The molecule has 3 heteroatoms. The van der Waals surface area contributed by atoms with E-state index in [4.69, 9.17) is 15.6 Å². The molecular formula is C17H13N2O+. The average Bonchev–Trinajstić information content (AvgIpc) is 2.44. The van der Waals surface area contributed by atoms with Gasteiger partial charge in [-0.25, -0.2) is 0 Å². The highest BCUT2D eigenvalue weighted by Gasteiger charge is 2.06. The fourth-order valence-electron chi connectivity index (χ4n) is 2.60. The van der Waals surface area contributed by atoms with Gasteiger partial charge >= 0.3 is 0 Å².